The molecule has 0 aromatic carbocycles. The van der Waals surface area contributed by atoms with E-state index in [0.717, 1.165) is 25.5 Å². The molecule has 0 radical (unpaired) electrons. The molecule has 2 aliphatic rings. The molecule has 1 atom stereocenters. The Bertz CT molecular complexity index is 395. The van der Waals surface area contributed by atoms with Crippen molar-refractivity contribution in [3.63, 3.8) is 0 Å². The van der Waals surface area contributed by atoms with Crippen molar-refractivity contribution in [3.8, 4) is 0 Å². The third-order valence-electron chi connectivity index (χ3n) is 4.19. The zero-order chi connectivity index (χ0) is 12.5. The largest absolute Gasteiger partial charge is 0.328 e. The summed E-state index contributed by atoms with van der Waals surface area (Å²) in [5, 5.41) is 12.1. The Morgan fingerprint density at radius 1 is 1.26 bits per heavy atom. The maximum Gasteiger partial charge on any atom is 0.165 e. The van der Waals surface area contributed by atoms with E-state index in [9.17, 15) is 0 Å². The average Bonchev–Trinajstić information content (AvgIpc) is 3.11. The summed E-state index contributed by atoms with van der Waals surface area (Å²) in [6, 6.07) is 0.889. The molecule has 108 valence electrons. The smallest absolute Gasteiger partial charge is 0.165 e. The molecule has 1 aliphatic heterocycles. The number of halogens is 1. The molecule has 0 amide bonds. The molecule has 1 aromatic rings. The minimum atomic E-state index is 0. The van der Waals surface area contributed by atoms with Gasteiger partial charge in [0.25, 0.3) is 0 Å². The van der Waals surface area contributed by atoms with E-state index in [1.54, 1.807) is 0 Å². The Balaban J connectivity index is 0.00000133. The Morgan fingerprint density at radius 3 is 2.53 bits per heavy atom. The summed E-state index contributed by atoms with van der Waals surface area (Å²) in [5.41, 5.74) is 5.97. The highest BCUT2D eigenvalue weighted by Gasteiger charge is 2.29. The van der Waals surface area contributed by atoms with E-state index in [-0.39, 0.29) is 12.4 Å². The van der Waals surface area contributed by atoms with E-state index in [1.165, 1.54) is 25.7 Å². The van der Waals surface area contributed by atoms with Gasteiger partial charge in [0.1, 0.15) is 0 Å². The first-order valence-corrected chi connectivity index (χ1v) is 6.98. The molecule has 2 heterocycles. The molecule has 6 nitrogen and oxygen atoms in total. The summed E-state index contributed by atoms with van der Waals surface area (Å²) >= 11 is 0. The summed E-state index contributed by atoms with van der Waals surface area (Å²) in [6.07, 6.45) is 4.85. The van der Waals surface area contributed by atoms with E-state index < -0.39 is 0 Å². The van der Waals surface area contributed by atoms with Crippen LogP contribution in [0.4, 0.5) is 0 Å². The fourth-order valence-electron chi connectivity index (χ4n) is 2.76. The normalized spacial score (nSPS) is 23.1. The first-order chi connectivity index (χ1) is 8.74. The van der Waals surface area contributed by atoms with Gasteiger partial charge in [0.05, 0.1) is 12.6 Å². The van der Waals surface area contributed by atoms with Gasteiger partial charge in [0, 0.05) is 6.04 Å². The lowest BCUT2D eigenvalue weighted by atomic mass is 9.91. The van der Waals surface area contributed by atoms with Crippen LogP contribution in [0.15, 0.2) is 0 Å². The van der Waals surface area contributed by atoms with Crippen LogP contribution in [0, 0.1) is 5.92 Å². The molecule has 2 N–H and O–H groups in total. The summed E-state index contributed by atoms with van der Waals surface area (Å²) in [6.45, 7) is 5.23. The minimum Gasteiger partial charge on any atom is -0.328 e. The Morgan fingerprint density at radius 2 is 1.95 bits per heavy atom. The Kier molecular flexibility index (Phi) is 4.76. The fourth-order valence-corrected chi connectivity index (χ4v) is 2.76. The predicted octanol–water partition coefficient (Wildman–Crippen LogP) is 0.989. The van der Waals surface area contributed by atoms with Crippen LogP contribution < -0.4 is 5.73 Å². The SMILES string of the molecule is CC(N)C1CCN(Cc2nnnn2C2CC2)CC1.Cl. The highest BCUT2D eigenvalue weighted by Crippen LogP contribution is 2.34. The summed E-state index contributed by atoms with van der Waals surface area (Å²) in [4.78, 5) is 2.45. The van der Waals surface area contributed by atoms with Crippen LogP contribution in [0.5, 0.6) is 0 Å². The van der Waals surface area contributed by atoms with Crippen LogP contribution in [0.2, 0.25) is 0 Å². The van der Waals surface area contributed by atoms with E-state index in [0.29, 0.717) is 18.0 Å². The maximum atomic E-state index is 5.97. The molecule has 19 heavy (non-hydrogen) atoms. The molecule has 1 aliphatic carbocycles. The van der Waals surface area contributed by atoms with Gasteiger partial charge in [0.15, 0.2) is 5.82 Å². The Labute approximate surface area is 120 Å². The van der Waals surface area contributed by atoms with Gasteiger partial charge in [-0.2, -0.15) is 0 Å². The van der Waals surface area contributed by atoms with Gasteiger partial charge in [-0.25, -0.2) is 4.68 Å². The molecule has 1 aromatic heterocycles. The zero-order valence-electron chi connectivity index (χ0n) is 11.4. The van der Waals surface area contributed by atoms with Crippen molar-refractivity contribution in [2.75, 3.05) is 13.1 Å². The number of nitrogens with two attached hydrogens (primary N) is 1. The molecule has 1 saturated heterocycles. The topological polar surface area (TPSA) is 72.9 Å². The molecule has 1 unspecified atom stereocenters. The van der Waals surface area contributed by atoms with E-state index in [2.05, 4.69) is 27.3 Å². The first kappa shape index (κ1) is 14.7. The van der Waals surface area contributed by atoms with Gasteiger partial charge in [-0.15, -0.1) is 17.5 Å². The lowest BCUT2D eigenvalue weighted by molar-refractivity contribution is 0.160. The summed E-state index contributed by atoms with van der Waals surface area (Å²) < 4.78 is 2.01. The Hall–Kier alpha value is -0.720. The summed E-state index contributed by atoms with van der Waals surface area (Å²) in [7, 11) is 0. The van der Waals surface area contributed by atoms with Crippen LogP contribution in [-0.4, -0.2) is 44.2 Å². The number of piperidine rings is 1. The van der Waals surface area contributed by atoms with Gasteiger partial charge in [-0.05, 0) is 62.0 Å². The molecule has 0 bridgehead atoms. The monoisotopic (exact) mass is 286 g/mol. The highest BCUT2D eigenvalue weighted by molar-refractivity contribution is 5.85. The molecule has 0 spiro atoms. The standard InChI is InChI=1S/C12H22N6.ClH/c1-9(13)10-4-6-17(7-5-10)8-12-14-15-16-18(12)11-2-3-11;/h9-11H,2-8,13H2,1H3;1H. The van der Waals surface area contributed by atoms with Gasteiger partial charge in [0.2, 0.25) is 0 Å². The third-order valence-corrected chi connectivity index (χ3v) is 4.19. The summed E-state index contributed by atoms with van der Waals surface area (Å²) in [5.74, 6) is 1.71. The third kappa shape index (κ3) is 3.43. The number of tetrazole rings is 1. The lowest BCUT2D eigenvalue weighted by Gasteiger charge is -2.33. The van der Waals surface area contributed by atoms with Crippen LogP contribution in [0.3, 0.4) is 0 Å². The number of hydrogen-bond donors (Lipinski definition) is 1. The van der Waals surface area contributed by atoms with Crippen molar-refractivity contribution in [3.05, 3.63) is 5.82 Å². The van der Waals surface area contributed by atoms with Crippen molar-refractivity contribution in [1.82, 2.24) is 25.1 Å². The van der Waals surface area contributed by atoms with E-state index in [1.807, 2.05) is 4.68 Å². The van der Waals surface area contributed by atoms with Gasteiger partial charge in [-0.1, -0.05) is 0 Å². The van der Waals surface area contributed by atoms with Crippen LogP contribution in [0.1, 0.15) is 44.5 Å². The predicted molar refractivity (Wildman–Crippen MR) is 75.0 cm³/mol. The molecular weight excluding hydrogens is 264 g/mol. The highest BCUT2D eigenvalue weighted by atomic mass is 35.5. The fraction of sp³-hybridized carbons (Fsp3) is 0.917. The molecule has 1 saturated carbocycles. The number of nitrogens with zero attached hydrogens (tertiary/aromatic N) is 5. The molecule has 7 heteroatoms. The number of likely N-dealkylation sites (tertiary alicyclic amines) is 1. The zero-order valence-corrected chi connectivity index (χ0v) is 12.2. The van der Waals surface area contributed by atoms with E-state index in [4.69, 9.17) is 5.73 Å². The van der Waals surface area contributed by atoms with Crippen molar-refractivity contribution in [2.45, 2.75) is 51.2 Å². The number of aromatic nitrogens is 4. The van der Waals surface area contributed by atoms with Crippen LogP contribution >= 0.6 is 12.4 Å². The average molecular weight is 287 g/mol. The first-order valence-electron chi connectivity index (χ1n) is 6.98. The van der Waals surface area contributed by atoms with Crippen molar-refractivity contribution >= 4 is 12.4 Å². The number of hydrogen-bond acceptors (Lipinski definition) is 5. The molecular formula is C12H23ClN6. The van der Waals surface area contributed by atoms with Crippen LogP contribution in [-0.2, 0) is 6.54 Å². The van der Waals surface area contributed by atoms with Gasteiger partial charge >= 0.3 is 0 Å². The second kappa shape index (κ2) is 6.15. The minimum absolute atomic E-state index is 0. The number of rotatable bonds is 4. The van der Waals surface area contributed by atoms with Crippen molar-refractivity contribution in [2.24, 2.45) is 11.7 Å². The van der Waals surface area contributed by atoms with Crippen molar-refractivity contribution < 1.29 is 0 Å². The van der Waals surface area contributed by atoms with Crippen LogP contribution in [0.25, 0.3) is 0 Å². The van der Waals surface area contributed by atoms with Gasteiger partial charge < -0.3 is 5.73 Å². The maximum absolute atomic E-state index is 5.97. The molecule has 2 fully saturated rings. The van der Waals surface area contributed by atoms with Crippen molar-refractivity contribution in [1.29, 1.82) is 0 Å². The van der Waals surface area contributed by atoms with Gasteiger partial charge in [-0.3, -0.25) is 4.90 Å². The second-order valence-electron chi connectivity index (χ2n) is 5.74. The van der Waals surface area contributed by atoms with E-state index >= 15 is 0 Å². The quantitative estimate of drug-likeness (QED) is 0.893. The lowest BCUT2D eigenvalue weighted by Crippen LogP contribution is -2.39. The molecule has 3 rings (SSSR count). The second-order valence-corrected chi connectivity index (χ2v) is 5.74.